The normalized spacial score (nSPS) is 10.6. The van der Waals surface area contributed by atoms with E-state index >= 15 is 0 Å². The molecular formula is C11H11N5O. The Morgan fingerprint density at radius 1 is 1.47 bits per heavy atom. The molecule has 1 heterocycles. The minimum atomic E-state index is -0.513. The van der Waals surface area contributed by atoms with E-state index in [1.165, 1.54) is 6.20 Å². The van der Waals surface area contributed by atoms with Gasteiger partial charge in [-0.1, -0.05) is 29.8 Å². The van der Waals surface area contributed by atoms with Crippen molar-refractivity contribution in [3.63, 3.8) is 0 Å². The van der Waals surface area contributed by atoms with E-state index in [9.17, 15) is 4.79 Å². The second kappa shape index (κ2) is 5.02. The second-order valence-electron chi connectivity index (χ2n) is 3.46. The Balaban J connectivity index is 2.05. The summed E-state index contributed by atoms with van der Waals surface area (Å²) in [5, 5.41) is 9.73. The number of H-pyrrole nitrogens is 1. The van der Waals surface area contributed by atoms with Gasteiger partial charge in [0.25, 0.3) is 0 Å². The summed E-state index contributed by atoms with van der Waals surface area (Å²) in [7, 11) is 0. The largest absolute Gasteiger partial charge is 0.363 e. The number of hydrazone groups is 1. The van der Waals surface area contributed by atoms with Crippen molar-refractivity contribution in [2.24, 2.45) is 5.10 Å². The molecule has 0 fully saturated rings. The second-order valence-corrected chi connectivity index (χ2v) is 3.46. The summed E-state index contributed by atoms with van der Waals surface area (Å²) in [6.45, 7) is 2.01. The van der Waals surface area contributed by atoms with E-state index in [1.54, 1.807) is 6.21 Å². The van der Waals surface area contributed by atoms with Crippen molar-refractivity contribution in [2.45, 2.75) is 6.92 Å². The van der Waals surface area contributed by atoms with Crippen LogP contribution in [0.2, 0.25) is 0 Å². The maximum Gasteiger partial charge on any atom is 0.363 e. The quantitative estimate of drug-likeness (QED) is 0.605. The van der Waals surface area contributed by atoms with Gasteiger partial charge in [0.05, 0.1) is 12.4 Å². The highest BCUT2D eigenvalue weighted by Gasteiger charge is 1.92. The Bertz CT molecular complexity index is 590. The minimum Gasteiger partial charge on any atom is -0.260 e. The Hall–Kier alpha value is -2.50. The van der Waals surface area contributed by atoms with E-state index in [1.807, 2.05) is 31.2 Å². The highest BCUT2D eigenvalue weighted by Crippen LogP contribution is 2.01. The van der Waals surface area contributed by atoms with Crippen molar-refractivity contribution < 1.29 is 0 Å². The zero-order chi connectivity index (χ0) is 12.1. The monoisotopic (exact) mass is 229 g/mol. The standard InChI is InChI=1S/C11H11N5O/c1-8-3-2-4-9(5-8)6-12-15-10-7-13-16-11(17)14-10/h2-7H,1H3,(H2,14,15,16,17)/b12-6+. The molecule has 86 valence electrons. The average Bonchev–Trinajstić information content (AvgIpc) is 2.29. The van der Waals surface area contributed by atoms with Crippen molar-refractivity contribution >= 4 is 12.0 Å². The summed E-state index contributed by atoms with van der Waals surface area (Å²) in [6.07, 6.45) is 3.03. The molecule has 0 spiro atoms. The van der Waals surface area contributed by atoms with Gasteiger partial charge in [-0.2, -0.15) is 15.2 Å². The fourth-order valence-electron chi connectivity index (χ4n) is 1.29. The van der Waals surface area contributed by atoms with Gasteiger partial charge in [-0.15, -0.1) is 0 Å². The number of anilines is 1. The van der Waals surface area contributed by atoms with Crippen LogP contribution in [0.25, 0.3) is 0 Å². The lowest BCUT2D eigenvalue weighted by atomic mass is 10.2. The number of benzene rings is 1. The number of nitrogens with zero attached hydrogens (tertiary/aromatic N) is 3. The van der Waals surface area contributed by atoms with E-state index in [0.717, 1.165) is 11.1 Å². The van der Waals surface area contributed by atoms with Gasteiger partial charge in [-0.25, -0.2) is 9.89 Å². The molecule has 0 aliphatic carbocycles. The number of hydrogen-bond donors (Lipinski definition) is 2. The maximum absolute atomic E-state index is 10.8. The van der Waals surface area contributed by atoms with E-state index in [4.69, 9.17) is 0 Å². The van der Waals surface area contributed by atoms with Crippen LogP contribution in [0.5, 0.6) is 0 Å². The van der Waals surface area contributed by atoms with Gasteiger partial charge in [-0.05, 0) is 12.5 Å². The van der Waals surface area contributed by atoms with E-state index in [0.29, 0.717) is 5.82 Å². The van der Waals surface area contributed by atoms with Gasteiger partial charge in [0.15, 0.2) is 5.82 Å². The minimum absolute atomic E-state index is 0.303. The molecule has 0 radical (unpaired) electrons. The maximum atomic E-state index is 10.8. The van der Waals surface area contributed by atoms with Crippen LogP contribution in [0.4, 0.5) is 5.82 Å². The summed E-state index contributed by atoms with van der Waals surface area (Å²) in [5.74, 6) is 0.303. The predicted molar refractivity (Wildman–Crippen MR) is 65.0 cm³/mol. The molecule has 0 atom stereocenters. The Kier molecular flexibility index (Phi) is 3.25. The summed E-state index contributed by atoms with van der Waals surface area (Å²) in [4.78, 5) is 14.5. The van der Waals surface area contributed by atoms with E-state index in [2.05, 4.69) is 25.7 Å². The summed E-state index contributed by atoms with van der Waals surface area (Å²) in [6, 6.07) is 7.88. The fourth-order valence-corrected chi connectivity index (χ4v) is 1.29. The molecule has 0 bridgehead atoms. The third-order valence-corrected chi connectivity index (χ3v) is 2.00. The lowest BCUT2D eigenvalue weighted by Gasteiger charge is -1.97. The molecule has 1 aromatic heterocycles. The van der Waals surface area contributed by atoms with Crippen LogP contribution in [0, 0.1) is 6.92 Å². The van der Waals surface area contributed by atoms with Crippen LogP contribution in [-0.4, -0.2) is 21.4 Å². The Morgan fingerprint density at radius 3 is 3.12 bits per heavy atom. The predicted octanol–water partition coefficient (Wildman–Crippen LogP) is 0.919. The van der Waals surface area contributed by atoms with Crippen LogP contribution >= 0.6 is 0 Å². The van der Waals surface area contributed by atoms with Crippen LogP contribution in [0.3, 0.4) is 0 Å². The summed E-state index contributed by atoms with van der Waals surface area (Å²) in [5.41, 5.74) is 4.24. The summed E-state index contributed by atoms with van der Waals surface area (Å²) < 4.78 is 0. The number of aromatic nitrogens is 3. The van der Waals surface area contributed by atoms with E-state index < -0.39 is 5.69 Å². The molecule has 0 unspecified atom stereocenters. The first-order valence-corrected chi connectivity index (χ1v) is 5.01. The molecular weight excluding hydrogens is 218 g/mol. The van der Waals surface area contributed by atoms with Crippen LogP contribution in [0.15, 0.2) is 40.4 Å². The third kappa shape index (κ3) is 3.23. The zero-order valence-electron chi connectivity index (χ0n) is 9.21. The first kappa shape index (κ1) is 11.0. The van der Waals surface area contributed by atoms with Gasteiger partial charge < -0.3 is 0 Å². The molecule has 0 saturated carbocycles. The molecule has 1 aromatic carbocycles. The van der Waals surface area contributed by atoms with Crippen LogP contribution in [0.1, 0.15) is 11.1 Å². The third-order valence-electron chi connectivity index (χ3n) is 2.00. The Labute approximate surface area is 97.4 Å². The van der Waals surface area contributed by atoms with Gasteiger partial charge >= 0.3 is 5.69 Å². The highest BCUT2D eigenvalue weighted by molar-refractivity contribution is 5.80. The van der Waals surface area contributed by atoms with Crippen molar-refractivity contribution in [1.82, 2.24) is 15.2 Å². The molecule has 2 rings (SSSR count). The molecule has 0 aliphatic heterocycles. The molecule has 6 nitrogen and oxygen atoms in total. The van der Waals surface area contributed by atoms with Gasteiger partial charge in [-0.3, -0.25) is 5.43 Å². The van der Waals surface area contributed by atoms with Crippen LogP contribution < -0.4 is 11.1 Å². The molecule has 6 heteroatoms. The zero-order valence-corrected chi connectivity index (χ0v) is 9.21. The lowest BCUT2D eigenvalue weighted by Crippen LogP contribution is -2.13. The van der Waals surface area contributed by atoms with Crippen molar-refractivity contribution in [3.05, 3.63) is 52.1 Å². The van der Waals surface area contributed by atoms with Gasteiger partial charge in [0, 0.05) is 0 Å². The lowest BCUT2D eigenvalue weighted by molar-refractivity contribution is 0.913. The van der Waals surface area contributed by atoms with Crippen molar-refractivity contribution in [1.29, 1.82) is 0 Å². The number of aryl methyl sites for hydroxylation is 1. The number of hydrogen-bond acceptors (Lipinski definition) is 5. The number of nitrogens with one attached hydrogen (secondary N) is 2. The first-order chi connectivity index (χ1) is 8.24. The SMILES string of the molecule is Cc1cccc(/C=N/Nc2cn[nH]c(=O)n2)c1. The van der Waals surface area contributed by atoms with Crippen molar-refractivity contribution in [2.75, 3.05) is 5.43 Å². The van der Waals surface area contributed by atoms with Gasteiger partial charge in [0.1, 0.15) is 0 Å². The molecule has 0 saturated heterocycles. The topological polar surface area (TPSA) is 83.0 Å². The van der Waals surface area contributed by atoms with Crippen molar-refractivity contribution in [3.8, 4) is 0 Å². The van der Waals surface area contributed by atoms with E-state index in [-0.39, 0.29) is 0 Å². The molecule has 0 aliphatic rings. The highest BCUT2D eigenvalue weighted by atomic mass is 16.1. The first-order valence-electron chi connectivity index (χ1n) is 5.01. The molecule has 17 heavy (non-hydrogen) atoms. The molecule has 2 N–H and O–H groups in total. The van der Waals surface area contributed by atoms with Crippen LogP contribution in [-0.2, 0) is 0 Å². The smallest absolute Gasteiger partial charge is 0.260 e. The average molecular weight is 229 g/mol. The molecule has 0 amide bonds. The number of rotatable bonds is 3. The van der Waals surface area contributed by atoms with Gasteiger partial charge in [0.2, 0.25) is 0 Å². The number of aromatic amines is 1. The molecule has 2 aromatic rings. The Morgan fingerprint density at radius 2 is 2.35 bits per heavy atom. The fraction of sp³-hybridized carbons (Fsp3) is 0.0909. The summed E-state index contributed by atoms with van der Waals surface area (Å²) >= 11 is 0.